The van der Waals surface area contributed by atoms with Crippen molar-refractivity contribution in [3.8, 4) is 5.75 Å². The summed E-state index contributed by atoms with van der Waals surface area (Å²) in [5.41, 5.74) is 1.70. The second-order valence-corrected chi connectivity index (χ2v) is 8.89. The van der Waals surface area contributed by atoms with Crippen molar-refractivity contribution in [3.63, 3.8) is 0 Å². The lowest BCUT2D eigenvalue weighted by molar-refractivity contribution is -0.137. The number of para-hydroxylation sites is 1. The molecule has 4 aromatic rings. The van der Waals surface area contributed by atoms with Crippen LogP contribution in [0.2, 0.25) is 0 Å². The maximum atomic E-state index is 13.3. The van der Waals surface area contributed by atoms with E-state index in [4.69, 9.17) is 9.15 Å². The Balaban J connectivity index is 1.52. The van der Waals surface area contributed by atoms with Crippen LogP contribution in [0.15, 0.2) is 89.5 Å². The standard InChI is InChI=1S/C29H28F3N3O3/c1-20(22-10-4-3-5-11-22)33-28(36)25-19-38-27(34-25)18-35(17-23-12-6-7-14-26(23)37-2)16-21-9-8-13-24(15-21)29(30,31)32/h3-15,19-20H,16-18H2,1-2H3,(H,33,36). The van der Waals surface area contributed by atoms with Gasteiger partial charge in [-0.1, -0.05) is 66.7 Å². The average Bonchev–Trinajstić information content (AvgIpc) is 3.38. The first kappa shape index (κ1) is 26.9. The van der Waals surface area contributed by atoms with Gasteiger partial charge in [-0.15, -0.1) is 0 Å². The van der Waals surface area contributed by atoms with Crippen molar-refractivity contribution in [2.45, 2.75) is 38.8 Å². The van der Waals surface area contributed by atoms with E-state index in [1.807, 2.05) is 66.4 Å². The van der Waals surface area contributed by atoms with Gasteiger partial charge in [0, 0.05) is 18.7 Å². The highest BCUT2D eigenvalue weighted by Gasteiger charge is 2.30. The number of nitrogens with one attached hydrogen (secondary N) is 1. The number of hydrogen-bond donors (Lipinski definition) is 1. The average molecular weight is 524 g/mol. The Hall–Kier alpha value is -4.11. The largest absolute Gasteiger partial charge is 0.496 e. The molecule has 38 heavy (non-hydrogen) atoms. The summed E-state index contributed by atoms with van der Waals surface area (Å²) in [6.07, 6.45) is -3.15. The molecule has 1 N–H and O–H groups in total. The van der Waals surface area contributed by atoms with Gasteiger partial charge in [0.25, 0.3) is 5.91 Å². The van der Waals surface area contributed by atoms with Crippen molar-refractivity contribution < 1.29 is 27.1 Å². The van der Waals surface area contributed by atoms with Crippen LogP contribution in [0.4, 0.5) is 13.2 Å². The van der Waals surface area contributed by atoms with E-state index in [2.05, 4.69) is 10.3 Å². The van der Waals surface area contributed by atoms with Gasteiger partial charge in [-0.2, -0.15) is 13.2 Å². The zero-order valence-electron chi connectivity index (χ0n) is 21.0. The lowest BCUT2D eigenvalue weighted by Gasteiger charge is -2.22. The van der Waals surface area contributed by atoms with Crippen molar-refractivity contribution in [3.05, 3.63) is 119 Å². The monoisotopic (exact) mass is 523 g/mol. The van der Waals surface area contributed by atoms with Crippen LogP contribution in [0.1, 0.15) is 51.6 Å². The molecule has 198 valence electrons. The maximum Gasteiger partial charge on any atom is 0.416 e. The lowest BCUT2D eigenvalue weighted by Crippen LogP contribution is -2.27. The number of ether oxygens (including phenoxy) is 1. The molecule has 0 saturated heterocycles. The fraction of sp³-hybridized carbons (Fsp3) is 0.241. The van der Waals surface area contributed by atoms with E-state index in [1.165, 1.54) is 12.3 Å². The van der Waals surface area contributed by atoms with E-state index in [9.17, 15) is 18.0 Å². The highest BCUT2D eigenvalue weighted by Crippen LogP contribution is 2.30. The molecular formula is C29H28F3N3O3. The Morgan fingerprint density at radius 3 is 2.47 bits per heavy atom. The fourth-order valence-corrected chi connectivity index (χ4v) is 4.12. The molecule has 1 heterocycles. The molecule has 1 atom stereocenters. The molecule has 0 saturated carbocycles. The highest BCUT2D eigenvalue weighted by atomic mass is 19.4. The van der Waals surface area contributed by atoms with Crippen LogP contribution in [0.3, 0.4) is 0 Å². The van der Waals surface area contributed by atoms with Crippen LogP contribution < -0.4 is 10.1 Å². The van der Waals surface area contributed by atoms with Crippen LogP contribution in [-0.2, 0) is 25.8 Å². The first-order valence-corrected chi connectivity index (χ1v) is 12.0. The van der Waals surface area contributed by atoms with Gasteiger partial charge < -0.3 is 14.5 Å². The number of benzene rings is 3. The third kappa shape index (κ3) is 7.01. The van der Waals surface area contributed by atoms with Gasteiger partial charge in [-0.25, -0.2) is 4.98 Å². The van der Waals surface area contributed by atoms with Gasteiger partial charge in [0.15, 0.2) is 5.69 Å². The first-order valence-electron chi connectivity index (χ1n) is 12.0. The second-order valence-electron chi connectivity index (χ2n) is 8.89. The Morgan fingerprint density at radius 1 is 1.00 bits per heavy atom. The molecule has 0 aliphatic carbocycles. The zero-order valence-corrected chi connectivity index (χ0v) is 21.0. The number of methoxy groups -OCH3 is 1. The normalized spacial score (nSPS) is 12.4. The van der Waals surface area contributed by atoms with Crippen LogP contribution in [-0.4, -0.2) is 22.9 Å². The first-order chi connectivity index (χ1) is 18.2. The van der Waals surface area contributed by atoms with Crippen molar-refractivity contribution in [2.75, 3.05) is 7.11 Å². The predicted octanol–water partition coefficient (Wildman–Crippen LogP) is 6.40. The van der Waals surface area contributed by atoms with E-state index in [0.717, 1.165) is 23.3 Å². The SMILES string of the molecule is COc1ccccc1CN(Cc1cccc(C(F)(F)F)c1)Cc1nc(C(=O)NC(C)c2ccccc2)co1. The Kier molecular flexibility index (Phi) is 8.48. The van der Waals surface area contributed by atoms with Gasteiger partial charge >= 0.3 is 6.18 Å². The quantitative estimate of drug-likeness (QED) is 0.261. The number of alkyl halides is 3. The zero-order chi connectivity index (χ0) is 27.1. The number of nitrogens with zero attached hydrogens (tertiary/aromatic N) is 2. The summed E-state index contributed by atoms with van der Waals surface area (Å²) in [6.45, 7) is 2.58. The lowest BCUT2D eigenvalue weighted by atomic mass is 10.1. The molecule has 6 nitrogen and oxygen atoms in total. The number of carbonyl (C=O) groups excluding carboxylic acids is 1. The summed E-state index contributed by atoms with van der Waals surface area (Å²) in [5, 5.41) is 2.90. The molecule has 0 spiro atoms. The van der Waals surface area contributed by atoms with E-state index in [-0.39, 0.29) is 36.6 Å². The minimum atomic E-state index is -4.44. The van der Waals surface area contributed by atoms with E-state index < -0.39 is 11.7 Å². The molecule has 1 amide bonds. The smallest absolute Gasteiger partial charge is 0.416 e. The summed E-state index contributed by atoms with van der Waals surface area (Å²) in [4.78, 5) is 19.0. The molecule has 3 aromatic carbocycles. The molecular weight excluding hydrogens is 495 g/mol. The topological polar surface area (TPSA) is 67.6 Å². The minimum absolute atomic E-state index is 0.124. The molecule has 1 aromatic heterocycles. The summed E-state index contributed by atoms with van der Waals surface area (Å²) >= 11 is 0. The Labute approximate surface area is 219 Å². The molecule has 0 fully saturated rings. The number of amides is 1. The van der Waals surface area contributed by atoms with Crippen molar-refractivity contribution in [2.24, 2.45) is 0 Å². The molecule has 1 unspecified atom stereocenters. The maximum absolute atomic E-state index is 13.3. The van der Waals surface area contributed by atoms with Gasteiger partial charge in [0.2, 0.25) is 5.89 Å². The van der Waals surface area contributed by atoms with Crippen LogP contribution in [0, 0.1) is 0 Å². The Bertz CT molecular complexity index is 1360. The van der Waals surface area contributed by atoms with Gasteiger partial charge in [-0.05, 0) is 30.2 Å². The van der Waals surface area contributed by atoms with Crippen molar-refractivity contribution in [1.29, 1.82) is 0 Å². The number of halogens is 3. The number of aromatic nitrogens is 1. The molecule has 0 aliphatic rings. The van der Waals surface area contributed by atoms with Crippen molar-refractivity contribution >= 4 is 5.91 Å². The third-order valence-electron chi connectivity index (χ3n) is 6.04. The Morgan fingerprint density at radius 2 is 1.74 bits per heavy atom. The third-order valence-corrected chi connectivity index (χ3v) is 6.04. The highest BCUT2D eigenvalue weighted by molar-refractivity contribution is 5.92. The van der Waals surface area contributed by atoms with Gasteiger partial charge in [0.1, 0.15) is 12.0 Å². The summed E-state index contributed by atoms with van der Waals surface area (Å²) < 4.78 is 50.9. The molecule has 0 bridgehead atoms. The number of oxazole rings is 1. The van der Waals surface area contributed by atoms with Crippen LogP contribution in [0.5, 0.6) is 5.75 Å². The van der Waals surface area contributed by atoms with Crippen LogP contribution in [0.25, 0.3) is 0 Å². The molecule has 0 aliphatic heterocycles. The van der Waals surface area contributed by atoms with E-state index in [0.29, 0.717) is 17.9 Å². The molecule has 0 radical (unpaired) electrons. The summed E-state index contributed by atoms with van der Waals surface area (Å²) in [5.74, 6) is 0.541. The van der Waals surface area contributed by atoms with Crippen LogP contribution >= 0.6 is 0 Å². The van der Waals surface area contributed by atoms with Crippen molar-refractivity contribution in [1.82, 2.24) is 15.2 Å². The number of hydrogen-bond acceptors (Lipinski definition) is 5. The molecule has 9 heteroatoms. The number of carbonyl (C=O) groups is 1. The predicted molar refractivity (Wildman–Crippen MR) is 136 cm³/mol. The summed E-state index contributed by atoms with van der Waals surface area (Å²) in [6, 6.07) is 21.9. The fourth-order valence-electron chi connectivity index (χ4n) is 4.12. The molecule has 4 rings (SSSR count). The van der Waals surface area contributed by atoms with Gasteiger partial charge in [-0.3, -0.25) is 9.69 Å². The second kappa shape index (κ2) is 12.0. The summed E-state index contributed by atoms with van der Waals surface area (Å²) in [7, 11) is 1.56. The van der Waals surface area contributed by atoms with E-state index >= 15 is 0 Å². The van der Waals surface area contributed by atoms with E-state index in [1.54, 1.807) is 13.2 Å². The van der Waals surface area contributed by atoms with Gasteiger partial charge in [0.05, 0.1) is 25.3 Å². The minimum Gasteiger partial charge on any atom is -0.496 e. The number of rotatable bonds is 10.